The molecule has 2 aromatic carbocycles. The summed E-state index contributed by atoms with van der Waals surface area (Å²) in [5.74, 6) is -0.544. The molecule has 150 valence electrons. The number of sulfonamides is 1. The Labute approximate surface area is 171 Å². The van der Waals surface area contributed by atoms with E-state index in [-0.39, 0.29) is 17.0 Å². The SMILES string of the molecule is Cn1c(=O)oc2cc(S(=O)(=O)NCCNc3ccnc4cc(Cl)ccc34)ccc21. The van der Waals surface area contributed by atoms with Gasteiger partial charge in [-0.3, -0.25) is 9.55 Å². The first-order chi connectivity index (χ1) is 13.8. The van der Waals surface area contributed by atoms with Crippen LogP contribution in [0.3, 0.4) is 0 Å². The van der Waals surface area contributed by atoms with Crippen molar-refractivity contribution in [3.05, 3.63) is 64.2 Å². The lowest BCUT2D eigenvalue weighted by Gasteiger charge is -2.11. The molecule has 0 bridgehead atoms. The summed E-state index contributed by atoms with van der Waals surface area (Å²) in [5.41, 5.74) is 2.33. The lowest BCUT2D eigenvalue weighted by Crippen LogP contribution is -2.29. The van der Waals surface area contributed by atoms with Crippen molar-refractivity contribution in [3.63, 3.8) is 0 Å². The van der Waals surface area contributed by atoms with Crippen LogP contribution in [0.4, 0.5) is 5.69 Å². The minimum absolute atomic E-state index is 0.0309. The van der Waals surface area contributed by atoms with E-state index >= 15 is 0 Å². The third-order valence-electron chi connectivity index (χ3n) is 4.51. The van der Waals surface area contributed by atoms with Crippen LogP contribution in [0.5, 0.6) is 0 Å². The van der Waals surface area contributed by atoms with E-state index in [1.165, 1.54) is 16.7 Å². The molecule has 10 heteroatoms. The molecule has 0 aliphatic heterocycles. The number of fused-ring (bicyclic) bond motifs is 2. The molecule has 8 nitrogen and oxygen atoms in total. The molecule has 0 aliphatic carbocycles. The fourth-order valence-electron chi connectivity index (χ4n) is 3.02. The number of nitrogens with zero attached hydrogens (tertiary/aromatic N) is 2. The van der Waals surface area contributed by atoms with Gasteiger partial charge >= 0.3 is 5.76 Å². The summed E-state index contributed by atoms with van der Waals surface area (Å²) in [6, 6.07) is 11.5. The van der Waals surface area contributed by atoms with Gasteiger partial charge in [-0.05, 0) is 36.4 Å². The van der Waals surface area contributed by atoms with Crippen LogP contribution < -0.4 is 15.8 Å². The highest BCUT2D eigenvalue weighted by atomic mass is 35.5. The number of hydrogen-bond donors (Lipinski definition) is 2. The maximum absolute atomic E-state index is 12.5. The smallest absolute Gasteiger partial charge is 0.408 e. The van der Waals surface area contributed by atoms with Gasteiger partial charge in [-0.25, -0.2) is 17.9 Å². The lowest BCUT2D eigenvalue weighted by molar-refractivity contribution is 0.527. The molecule has 4 aromatic rings. The van der Waals surface area contributed by atoms with Gasteiger partial charge in [-0.2, -0.15) is 0 Å². The highest BCUT2D eigenvalue weighted by Gasteiger charge is 2.16. The van der Waals surface area contributed by atoms with Crippen LogP contribution in [-0.4, -0.2) is 31.1 Å². The minimum atomic E-state index is -3.75. The second-order valence-electron chi connectivity index (χ2n) is 6.40. The second kappa shape index (κ2) is 7.51. The number of aromatic nitrogens is 2. The number of benzene rings is 2. The number of anilines is 1. The summed E-state index contributed by atoms with van der Waals surface area (Å²) in [6.07, 6.45) is 1.66. The third kappa shape index (κ3) is 3.84. The zero-order valence-corrected chi connectivity index (χ0v) is 16.9. The van der Waals surface area contributed by atoms with Crippen LogP contribution in [0.2, 0.25) is 5.02 Å². The number of halogens is 1. The van der Waals surface area contributed by atoms with E-state index in [4.69, 9.17) is 16.0 Å². The highest BCUT2D eigenvalue weighted by Crippen LogP contribution is 2.24. The molecule has 0 radical (unpaired) electrons. The van der Waals surface area contributed by atoms with Crippen molar-refractivity contribution >= 4 is 49.3 Å². The molecule has 0 amide bonds. The monoisotopic (exact) mass is 432 g/mol. The molecule has 0 aliphatic rings. The predicted molar refractivity (Wildman–Crippen MR) is 112 cm³/mol. The number of rotatable bonds is 6. The van der Waals surface area contributed by atoms with Gasteiger partial charge in [0.15, 0.2) is 5.58 Å². The van der Waals surface area contributed by atoms with Crippen molar-refractivity contribution in [2.24, 2.45) is 7.05 Å². The van der Waals surface area contributed by atoms with Crippen LogP contribution in [0, 0.1) is 0 Å². The molecule has 0 spiro atoms. The highest BCUT2D eigenvalue weighted by molar-refractivity contribution is 7.89. The second-order valence-corrected chi connectivity index (χ2v) is 8.60. The normalized spacial score (nSPS) is 11.9. The summed E-state index contributed by atoms with van der Waals surface area (Å²) in [6.45, 7) is 0.528. The Morgan fingerprint density at radius 3 is 2.79 bits per heavy atom. The van der Waals surface area contributed by atoms with Crippen LogP contribution in [0.15, 0.2) is 62.8 Å². The molecule has 2 N–H and O–H groups in total. The van der Waals surface area contributed by atoms with Crippen LogP contribution >= 0.6 is 11.6 Å². The summed E-state index contributed by atoms with van der Waals surface area (Å²) >= 11 is 5.99. The van der Waals surface area contributed by atoms with Crippen molar-refractivity contribution in [1.82, 2.24) is 14.3 Å². The molecule has 4 rings (SSSR count). The van der Waals surface area contributed by atoms with Crippen molar-refractivity contribution in [2.75, 3.05) is 18.4 Å². The molecule has 2 aromatic heterocycles. The Morgan fingerprint density at radius 1 is 1.14 bits per heavy atom. The maximum atomic E-state index is 12.5. The first-order valence-corrected chi connectivity index (χ1v) is 10.6. The molecule has 0 fully saturated rings. The van der Waals surface area contributed by atoms with Crippen LogP contribution in [0.25, 0.3) is 22.0 Å². The van der Waals surface area contributed by atoms with E-state index in [2.05, 4.69) is 15.0 Å². The van der Waals surface area contributed by atoms with Crippen LogP contribution in [0.1, 0.15) is 0 Å². The lowest BCUT2D eigenvalue weighted by atomic mass is 10.2. The molecule has 2 heterocycles. The Bertz CT molecular complexity index is 1380. The first-order valence-electron chi connectivity index (χ1n) is 8.72. The van der Waals surface area contributed by atoms with Gasteiger partial charge in [0, 0.05) is 48.5 Å². The van der Waals surface area contributed by atoms with Crippen molar-refractivity contribution in [2.45, 2.75) is 4.90 Å². The Kier molecular flexibility index (Phi) is 5.03. The summed E-state index contributed by atoms with van der Waals surface area (Å²) < 4.78 is 34.0. The van der Waals surface area contributed by atoms with E-state index in [0.717, 1.165) is 16.6 Å². The topological polar surface area (TPSA) is 106 Å². The zero-order valence-electron chi connectivity index (χ0n) is 15.3. The zero-order chi connectivity index (χ0) is 20.6. The Hall–Kier alpha value is -2.88. The van der Waals surface area contributed by atoms with Crippen molar-refractivity contribution in [3.8, 4) is 0 Å². The summed E-state index contributed by atoms with van der Waals surface area (Å²) in [5, 5.41) is 4.69. The van der Waals surface area contributed by atoms with Crippen molar-refractivity contribution < 1.29 is 12.8 Å². The average molecular weight is 433 g/mol. The Balaban J connectivity index is 1.45. The molecule has 29 heavy (non-hydrogen) atoms. The number of hydrogen-bond acceptors (Lipinski definition) is 6. The van der Waals surface area contributed by atoms with Gasteiger partial charge < -0.3 is 9.73 Å². The van der Waals surface area contributed by atoms with Crippen molar-refractivity contribution in [1.29, 1.82) is 0 Å². The van der Waals surface area contributed by atoms with E-state index in [9.17, 15) is 13.2 Å². The molecular formula is C19H17ClN4O4S. The summed E-state index contributed by atoms with van der Waals surface area (Å²) in [7, 11) is -2.19. The van der Waals surface area contributed by atoms with Gasteiger partial charge in [0.2, 0.25) is 10.0 Å². The quantitative estimate of drug-likeness (QED) is 0.454. The van der Waals surface area contributed by atoms with Gasteiger partial charge in [0.25, 0.3) is 0 Å². The predicted octanol–water partition coefficient (Wildman–Crippen LogP) is 2.72. The molecule has 0 atom stereocenters. The fourth-order valence-corrected chi connectivity index (χ4v) is 4.24. The standard InChI is InChI=1S/C19H17ClN4O4S/c1-24-17-5-3-13(11-18(17)28-19(24)25)29(26,27)23-9-8-22-15-6-7-21-16-10-12(20)2-4-14(15)16/h2-7,10-11,23H,8-9H2,1H3,(H,21,22). The van der Waals surface area contributed by atoms with E-state index in [0.29, 0.717) is 17.1 Å². The van der Waals surface area contributed by atoms with Gasteiger partial charge in [0.1, 0.15) is 0 Å². The number of pyridine rings is 1. The van der Waals surface area contributed by atoms with Gasteiger partial charge in [0.05, 0.1) is 15.9 Å². The molecule has 0 unspecified atom stereocenters. The maximum Gasteiger partial charge on any atom is 0.419 e. The number of nitrogens with one attached hydrogen (secondary N) is 2. The van der Waals surface area contributed by atoms with Gasteiger partial charge in [-0.1, -0.05) is 11.6 Å². The van der Waals surface area contributed by atoms with E-state index < -0.39 is 15.8 Å². The van der Waals surface area contributed by atoms with E-state index in [1.54, 1.807) is 31.4 Å². The summed E-state index contributed by atoms with van der Waals surface area (Å²) in [4.78, 5) is 15.9. The largest absolute Gasteiger partial charge is 0.419 e. The molecular weight excluding hydrogens is 416 g/mol. The fraction of sp³-hybridized carbons (Fsp3) is 0.158. The number of oxazole rings is 1. The molecule has 0 saturated heterocycles. The average Bonchev–Trinajstić information content (AvgIpc) is 2.98. The minimum Gasteiger partial charge on any atom is -0.408 e. The number of aryl methyl sites for hydroxylation is 1. The Morgan fingerprint density at radius 2 is 1.97 bits per heavy atom. The third-order valence-corrected chi connectivity index (χ3v) is 6.21. The van der Waals surface area contributed by atoms with E-state index in [1.807, 2.05) is 12.1 Å². The molecule has 0 saturated carbocycles. The van der Waals surface area contributed by atoms with Gasteiger partial charge in [-0.15, -0.1) is 0 Å². The first kappa shape index (κ1) is 19.4. The van der Waals surface area contributed by atoms with Crippen LogP contribution in [-0.2, 0) is 17.1 Å².